The maximum atomic E-state index is 12.7. The minimum atomic E-state index is -0.286. The van der Waals surface area contributed by atoms with Crippen molar-refractivity contribution >= 4 is 6.03 Å². The Hall–Kier alpha value is -2.57. The monoisotopic (exact) mass is 386 g/mol. The van der Waals surface area contributed by atoms with Gasteiger partial charge in [-0.1, -0.05) is 17.3 Å². The Morgan fingerprint density at radius 3 is 2.93 bits per heavy atom. The molecule has 1 aromatic carbocycles. The number of ether oxygens (including phenoxy) is 1. The molecule has 1 N–H and O–H groups in total. The molecular weight excluding hydrogens is 356 g/mol. The van der Waals surface area contributed by atoms with Gasteiger partial charge < -0.3 is 19.5 Å². The van der Waals surface area contributed by atoms with Crippen LogP contribution in [0.5, 0.6) is 5.75 Å². The Morgan fingerprint density at radius 2 is 2.18 bits per heavy atom. The number of amides is 2. The molecule has 1 fully saturated rings. The van der Waals surface area contributed by atoms with Gasteiger partial charge >= 0.3 is 6.03 Å². The summed E-state index contributed by atoms with van der Waals surface area (Å²) in [5, 5.41) is 7.11. The minimum absolute atomic E-state index is 0.0836. The zero-order valence-corrected chi connectivity index (χ0v) is 17.2. The van der Waals surface area contributed by atoms with Crippen molar-refractivity contribution in [1.29, 1.82) is 0 Å². The second-order valence-electron chi connectivity index (χ2n) is 8.35. The molecule has 152 valence electrons. The first-order chi connectivity index (χ1) is 13.3. The van der Waals surface area contributed by atoms with Crippen molar-refractivity contribution in [2.24, 2.45) is 0 Å². The Kier molecular flexibility index (Phi) is 6.21. The maximum absolute atomic E-state index is 12.7. The van der Waals surface area contributed by atoms with Crippen LogP contribution in [0.1, 0.15) is 63.4 Å². The Labute approximate surface area is 166 Å². The van der Waals surface area contributed by atoms with E-state index in [0.29, 0.717) is 31.3 Å². The highest BCUT2D eigenvalue weighted by atomic mass is 16.5. The quantitative estimate of drug-likeness (QED) is 0.839. The molecule has 1 atom stereocenters. The first-order valence-corrected chi connectivity index (χ1v) is 9.92. The summed E-state index contributed by atoms with van der Waals surface area (Å²) in [6.45, 7) is 9.13. The molecule has 1 unspecified atom stereocenters. The standard InChI is InChI=1S/C21H30N4O3/c1-15-8-7-9-16(14-15)27-13-11-18-22-19(28-24-18)17-10-5-6-12-25(17)20(26)23-21(2,3)4/h7-9,14,17H,5-6,10-13H2,1-4H3,(H,23,26). The van der Waals surface area contributed by atoms with Gasteiger partial charge in [0.25, 0.3) is 0 Å². The summed E-state index contributed by atoms with van der Waals surface area (Å²) in [7, 11) is 0. The molecule has 0 saturated carbocycles. The van der Waals surface area contributed by atoms with Crippen molar-refractivity contribution in [3.05, 3.63) is 41.5 Å². The van der Waals surface area contributed by atoms with E-state index in [-0.39, 0.29) is 17.6 Å². The van der Waals surface area contributed by atoms with E-state index in [4.69, 9.17) is 9.26 Å². The first-order valence-electron chi connectivity index (χ1n) is 9.92. The summed E-state index contributed by atoms with van der Waals surface area (Å²) < 4.78 is 11.3. The molecule has 3 rings (SSSR count). The fourth-order valence-corrected chi connectivity index (χ4v) is 3.29. The molecule has 1 aliphatic heterocycles. The SMILES string of the molecule is Cc1cccc(OCCc2noc(C3CCCCN3C(=O)NC(C)(C)C)n2)c1. The maximum Gasteiger partial charge on any atom is 0.318 e. The van der Waals surface area contributed by atoms with Crippen molar-refractivity contribution in [2.75, 3.05) is 13.2 Å². The summed E-state index contributed by atoms with van der Waals surface area (Å²) in [6, 6.07) is 7.67. The lowest BCUT2D eigenvalue weighted by Crippen LogP contribution is -2.50. The topological polar surface area (TPSA) is 80.5 Å². The van der Waals surface area contributed by atoms with Gasteiger partial charge in [0.15, 0.2) is 5.82 Å². The van der Waals surface area contributed by atoms with Crippen LogP contribution < -0.4 is 10.1 Å². The predicted octanol–water partition coefficient (Wildman–Crippen LogP) is 4.03. The molecule has 2 amide bonds. The molecule has 28 heavy (non-hydrogen) atoms. The number of nitrogens with one attached hydrogen (secondary N) is 1. The Balaban J connectivity index is 1.60. The number of urea groups is 1. The van der Waals surface area contributed by atoms with Gasteiger partial charge in [-0.15, -0.1) is 0 Å². The van der Waals surface area contributed by atoms with Crippen LogP contribution in [0.3, 0.4) is 0 Å². The molecule has 1 aromatic heterocycles. The van der Waals surface area contributed by atoms with Gasteiger partial charge in [0.1, 0.15) is 11.8 Å². The van der Waals surface area contributed by atoms with E-state index >= 15 is 0 Å². The zero-order valence-electron chi connectivity index (χ0n) is 17.2. The van der Waals surface area contributed by atoms with Crippen molar-refractivity contribution in [3.8, 4) is 5.75 Å². The smallest absolute Gasteiger partial charge is 0.318 e. The summed E-state index contributed by atoms with van der Waals surface area (Å²) in [6.07, 6.45) is 3.41. The summed E-state index contributed by atoms with van der Waals surface area (Å²) in [4.78, 5) is 19.0. The van der Waals surface area contributed by atoms with Crippen molar-refractivity contribution in [2.45, 2.75) is 65.0 Å². The lowest BCUT2D eigenvalue weighted by Gasteiger charge is -2.35. The highest BCUT2D eigenvalue weighted by Crippen LogP contribution is 2.30. The molecule has 7 heteroatoms. The first kappa shape index (κ1) is 20.2. The molecule has 0 spiro atoms. The number of likely N-dealkylation sites (tertiary alicyclic amines) is 1. The van der Waals surface area contributed by atoms with Crippen LogP contribution in [-0.4, -0.2) is 39.8 Å². The normalized spacial score (nSPS) is 17.4. The van der Waals surface area contributed by atoms with E-state index in [9.17, 15) is 4.79 Å². The predicted molar refractivity (Wildman–Crippen MR) is 106 cm³/mol. The van der Waals surface area contributed by atoms with E-state index in [1.807, 2.05) is 56.9 Å². The molecular formula is C21H30N4O3. The number of carbonyl (C=O) groups is 1. The fourth-order valence-electron chi connectivity index (χ4n) is 3.29. The number of nitrogens with zero attached hydrogens (tertiary/aromatic N) is 3. The number of piperidine rings is 1. The third-order valence-electron chi connectivity index (χ3n) is 4.60. The van der Waals surface area contributed by atoms with Crippen LogP contribution in [0.2, 0.25) is 0 Å². The third kappa shape index (κ3) is 5.47. The van der Waals surface area contributed by atoms with Crippen LogP contribution in [0.25, 0.3) is 0 Å². The molecule has 0 radical (unpaired) electrons. The highest BCUT2D eigenvalue weighted by molar-refractivity contribution is 5.75. The number of benzene rings is 1. The van der Waals surface area contributed by atoms with Gasteiger partial charge in [-0.05, 0) is 64.7 Å². The molecule has 0 aliphatic carbocycles. The average molecular weight is 386 g/mol. The number of hydrogen-bond donors (Lipinski definition) is 1. The number of rotatable bonds is 5. The molecule has 0 bridgehead atoms. The highest BCUT2D eigenvalue weighted by Gasteiger charge is 2.33. The van der Waals surface area contributed by atoms with Crippen molar-refractivity contribution < 1.29 is 14.1 Å². The van der Waals surface area contributed by atoms with Gasteiger partial charge in [0.2, 0.25) is 5.89 Å². The van der Waals surface area contributed by atoms with E-state index in [1.54, 1.807) is 0 Å². The van der Waals surface area contributed by atoms with Crippen LogP contribution in [0.15, 0.2) is 28.8 Å². The van der Waals surface area contributed by atoms with Gasteiger partial charge in [0, 0.05) is 18.5 Å². The summed E-state index contributed by atoms with van der Waals surface area (Å²) >= 11 is 0. The largest absolute Gasteiger partial charge is 0.493 e. The van der Waals surface area contributed by atoms with E-state index in [2.05, 4.69) is 15.5 Å². The van der Waals surface area contributed by atoms with Crippen LogP contribution >= 0.6 is 0 Å². The van der Waals surface area contributed by atoms with Gasteiger partial charge in [0.05, 0.1) is 6.61 Å². The lowest BCUT2D eigenvalue weighted by atomic mass is 10.0. The van der Waals surface area contributed by atoms with Crippen molar-refractivity contribution in [3.63, 3.8) is 0 Å². The number of aryl methyl sites for hydroxylation is 1. The minimum Gasteiger partial charge on any atom is -0.493 e. The van der Waals surface area contributed by atoms with E-state index in [0.717, 1.165) is 30.6 Å². The summed E-state index contributed by atoms with van der Waals surface area (Å²) in [5.41, 5.74) is 0.872. The van der Waals surface area contributed by atoms with Gasteiger partial charge in [-0.2, -0.15) is 4.98 Å². The fraction of sp³-hybridized carbons (Fsp3) is 0.571. The molecule has 1 aliphatic rings. The van der Waals surface area contributed by atoms with E-state index in [1.165, 1.54) is 0 Å². The summed E-state index contributed by atoms with van der Waals surface area (Å²) in [5.74, 6) is 1.94. The van der Waals surface area contributed by atoms with E-state index < -0.39 is 0 Å². The number of carbonyl (C=O) groups excluding carboxylic acids is 1. The lowest BCUT2D eigenvalue weighted by molar-refractivity contribution is 0.126. The molecule has 2 aromatic rings. The third-order valence-corrected chi connectivity index (χ3v) is 4.60. The zero-order chi connectivity index (χ0) is 20.1. The van der Waals surface area contributed by atoms with Crippen LogP contribution in [0.4, 0.5) is 4.79 Å². The van der Waals surface area contributed by atoms with Crippen LogP contribution in [-0.2, 0) is 6.42 Å². The van der Waals surface area contributed by atoms with Gasteiger partial charge in [-0.3, -0.25) is 0 Å². The molecule has 7 nitrogen and oxygen atoms in total. The number of aromatic nitrogens is 2. The molecule has 1 saturated heterocycles. The van der Waals surface area contributed by atoms with Gasteiger partial charge in [-0.25, -0.2) is 4.79 Å². The van der Waals surface area contributed by atoms with Crippen molar-refractivity contribution in [1.82, 2.24) is 20.4 Å². The average Bonchev–Trinajstić information content (AvgIpc) is 3.09. The number of hydrogen-bond acceptors (Lipinski definition) is 5. The van der Waals surface area contributed by atoms with Crippen LogP contribution in [0, 0.1) is 6.92 Å². The molecule has 2 heterocycles. The Bertz CT molecular complexity index is 797. The second-order valence-corrected chi connectivity index (χ2v) is 8.35. The second kappa shape index (κ2) is 8.63. The Morgan fingerprint density at radius 1 is 1.36 bits per heavy atom.